The van der Waals surface area contributed by atoms with Gasteiger partial charge in [-0.1, -0.05) is 5.16 Å². The smallest absolute Gasteiger partial charge is 0.285 e. The first-order chi connectivity index (χ1) is 12.1. The molecule has 6 heteroatoms. The second kappa shape index (κ2) is 5.66. The van der Waals surface area contributed by atoms with Gasteiger partial charge in [-0.3, -0.25) is 0 Å². The predicted molar refractivity (Wildman–Crippen MR) is 91.1 cm³/mol. The fourth-order valence-electron chi connectivity index (χ4n) is 6.26. The summed E-state index contributed by atoms with van der Waals surface area (Å²) in [6.45, 7) is 0. The number of quaternary nitrogens is 1. The highest BCUT2D eigenvalue weighted by molar-refractivity contribution is 5.06. The van der Waals surface area contributed by atoms with Crippen LogP contribution in [0.2, 0.25) is 0 Å². The van der Waals surface area contributed by atoms with E-state index in [1.165, 1.54) is 38.5 Å². The van der Waals surface area contributed by atoms with Crippen molar-refractivity contribution in [1.82, 2.24) is 19.7 Å². The summed E-state index contributed by atoms with van der Waals surface area (Å²) in [4.78, 5) is 9.08. The minimum atomic E-state index is -0.0347. The Balaban J connectivity index is 1.28. The second-order valence-electron chi connectivity index (χ2n) is 9.07. The summed E-state index contributed by atoms with van der Waals surface area (Å²) in [6.07, 6.45) is 14.1. The standard InChI is InChI=1S/C19H27N5O/c1-24-10-15(21-11-24)5-16(20)18-22-17(23-25-18)9-19-6-12-2-13(7-19)4-14(3-12)8-19/h10-14,16H,2-9,20H2,1H3/p+1/t12?,13?,14?,16-,19?/m0/s1. The molecule has 0 aromatic carbocycles. The highest BCUT2D eigenvalue weighted by Crippen LogP contribution is 2.60. The molecule has 0 unspecified atom stereocenters. The summed E-state index contributed by atoms with van der Waals surface area (Å²) in [5.41, 5.74) is 5.68. The molecule has 4 bridgehead atoms. The van der Waals surface area contributed by atoms with Crippen molar-refractivity contribution in [2.24, 2.45) is 30.2 Å². The van der Waals surface area contributed by atoms with Gasteiger partial charge >= 0.3 is 0 Å². The second-order valence-corrected chi connectivity index (χ2v) is 9.07. The quantitative estimate of drug-likeness (QED) is 0.901. The maximum Gasteiger partial charge on any atom is 0.285 e. The molecule has 6 nitrogen and oxygen atoms in total. The van der Waals surface area contributed by atoms with Crippen LogP contribution in [-0.4, -0.2) is 19.7 Å². The van der Waals surface area contributed by atoms with Crippen LogP contribution in [0.15, 0.2) is 17.0 Å². The van der Waals surface area contributed by atoms with Crippen molar-refractivity contribution in [2.45, 2.75) is 57.4 Å². The Hall–Kier alpha value is -1.69. The predicted octanol–water partition coefficient (Wildman–Crippen LogP) is 2.09. The summed E-state index contributed by atoms with van der Waals surface area (Å²) >= 11 is 0. The fourth-order valence-corrected chi connectivity index (χ4v) is 6.26. The molecule has 4 aliphatic carbocycles. The van der Waals surface area contributed by atoms with Gasteiger partial charge in [0.25, 0.3) is 5.89 Å². The van der Waals surface area contributed by atoms with Gasteiger partial charge in [-0.25, -0.2) is 4.98 Å². The van der Waals surface area contributed by atoms with Crippen LogP contribution >= 0.6 is 0 Å². The first-order valence-electron chi connectivity index (χ1n) is 9.69. The molecule has 4 fully saturated rings. The van der Waals surface area contributed by atoms with E-state index in [-0.39, 0.29) is 6.04 Å². The lowest BCUT2D eigenvalue weighted by Crippen LogP contribution is -2.54. The number of hydrogen-bond acceptors (Lipinski definition) is 4. The zero-order chi connectivity index (χ0) is 17.0. The molecule has 0 radical (unpaired) electrons. The third-order valence-corrected chi connectivity index (χ3v) is 6.75. The summed E-state index contributed by atoms with van der Waals surface area (Å²) in [6, 6.07) is -0.0347. The monoisotopic (exact) mass is 342 g/mol. The van der Waals surface area contributed by atoms with Gasteiger partial charge in [0.05, 0.1) is 18.4 Å². The molecule has 2 aromatic heterocycles. The Labute approximate surface area is 148 Å². The number of nitrogens with zero attached hydrogens (tertiary/aromatic N) is 4. The lowest BCUT2D eigenvalue weighted by Gasteiger charge is -2.56. The summed E-state index contributed by atoms with van der Waals surface area (Å²) < 4.78 is 7.51. The largest absolute Gasteiger partial charge is 0.347 e. The maximum absolute atomic E-state index is 5.56. The van der Waals surface area contributed by atoms with E-state index < -0.39 is 0 Å². The van der Waals surface area contributed by atoms with Crippen molar-refractivity contribution < 1.29 is 10.3 Å². The molecule has 2 heterocycles. The molecule has 0 aliphatic heterocycles. The zero-order valence-electron chi connectivity index (χ0n) is 15.0. The van der Waals surface area contributed by atoms with Crippen LogP contribution in [0.3, 0.4) is 0 Å². The molecule has 0 amide bonds. The van der Waals surface area contributed by atoms with Crippen LogP contribution in [0, 0.1) is 23.2 Å². The van der Waals surface area contributed by atoms with Gasteiger partial charge in [0, 0.05) is 19.7 Å². The zero-order valence-corrected chi connectivity index (χ0v) is 15.0. The van der Waals surface area contributed by atoms with Crippen LogP contribution in [0.1, 0.15) is 62.0 Å². The topological polar surface area (TPSA) is 84.4 Å². The van der Waals surface area contributed by atoms with Crippen molar-refractivity contribution in [1.29, 1.82) is 0 Å². The van der Waals surface area contributed by atoms with Crippen LogP contribution in [-0.2, 0) is 19.9 Å². The molecular formula is C19H28N5O+. The van der Waals surface area contributed by atoms with Crippen LogP contribution in [0.5, 0.6) is 0 Å². The first kappa shape index (κ1) is 15.6. The minimum Gasteiger partial charge on any atom is -0.347 e. The number of rotatable bonds is 5. The molecule has 1 atom stereocenters. The molecule has 6 rings (SSSR count). The minimum absolute atomic E-state index is 0.0347. The Morgan fingerprint density at radius 2 is 1.92 bits per heavy atom. The molecule has 25 heavy (non-hydrogen) atoms. The van der Waals surface area contributed by atoms with Gasteiger partial charge in [-0.05, 0) is 61.7 Å². The van der Waals surface area contributed by atoms with E-state index in [1.807, 2.05) is 24.1 Å². The van der Waals surface area contributed by atoms with Crippen LogP contribution < -0.4 is 5.73 Å². The van der Waals surface area contributed by atoms with E-state index in [2.05, 4.69) is 15.9 Å². The third kappa shape index (κ3) is 2.90. The van der Waals surface area contributed by atoms with Crippen molar-refractivity contribution >= 4 is 0 Å². The van der Waals surface area contributed by atoms with E-state index in [0.29, 0.717) is 11.3 Å². The lowest BCUT2D eigenvalue weighted by molar-refractivity contribution is -0.431. The van der Waals surface area contributed by atoms with Gasteiger partial charge < -0.3 is 14.8 Å². The molecule has 4 aliphatic rings. The number of hydrogen-bond donors (Lipinski definition) is 1. The van der Waals surface area contributed by atoms with Gasteiger partial charge in [0.2, 0.25) is 0 Å². The van der Waals surface area contributed by atoms with Gasteiger partial charge in [0.1, 0.15) is 0 Å². The van der Waals surface area contributed by atoms with Crippen molar-refractivity contribution in [3.05, 3.63) is 29.9 Å². The van der Waals surface area contributed by atoms with E-state index in [9.17, 15) is 0 Å². The summed E-state index contributed by atoms with van der Waals surface area (Å²) in [5, 5.41) is 4.31. The lowest BCUT2D eigenvalue weighted by atomic mass is 9.49. The van der Waals surface area contributed by atoms with E-state index in [0.717, 1.165) is 42.1 Å². The Bertz CT molecular complexity index is 728. The third-order valence-electron chi connectivity index (χ3n) is 6.75. The van der Waals surface area contributed by atoms with Gasteiger partial charge in [0.15, 0.2) is 11.9 Å². The van der Waals surface area contributed by atoms with E-state index >= 15 is 0 Å². The van der Waals surface area contributed by atoms with Crippen molar-refractivity contribution in [3.63, 3.8) is 0 Å². The Morgan fingerprint density at radius 1 is 1.24 bits per heavy atom. The number of aromatic nitrogens is 4. The normalized spacial score (nSPS) is 34.6. The number of aryl methyl sites for hydroxylation is 1. The SMILES string of the molecule is Cn1cnc(C[C@H]([NH3+])c2nc(CC34CC5CC(CC(C5)C3)C4)no2)c1. The fraction of sp³-hybridized carbons (Fsp3) is 0.737. The van der Waals surface area contributed by atoms with Crippen molar-refractivity contribution in [2.75, 3.05) is 0 Å². The van der Waals surface area contributed by atoms with Crippen molar-refractivity contribution in [3.8, 4) is 0 Å². The molecule has 0 saturated heterocycles. The van der Waals surface area contributed by atoms with E-state index in [4.69, 9.17) is 9.51 Å². The first-order valence-corrected chi connectivity index (χ1v) is 9.69. The van der Waals surface area contributed by atoms with E-state index in [1.54, 1.807) is 0 Å². The van der Waals surface area contributed by atoms with Gasteiger partial charge in [-0.2, -0.15) is 4.98 Å². The molecule has 4 saturated carbocycles. The Kier molecular flexibility index (Phi) is 3.52. The maximum atomic E-state index is 5.56. The average Bonchev–Trinajstić information content (AvgIpc) is 3.14. The Morgan fingerprint density at radius 3 is 2.52 bits per heavy atom. The van der Waals surface area contributed by atoms with Crippen LogP contribution in [0.25, 0.3) is 0 Å². The van der Waals surface area contributed by atoms with Crippen LogP contribution in [0.4, 0.5) is 0 Å². The van der Waals surface area contributed by atoms with Gasteiger partial charge in [-0.15, -0.1) is 0 Å². The number of imidazole rings is 1. The summed E-state index contributed by atoms with van der Waals surface area (Å²) in [5.74, 6) is 4.43. The highest BCUT2D eigenvalue weighted by atomic mass is 16.5. The molecule has 0 spiro atoms. The molecular weight excluding hydrogens is 314 g/mol. The summed E-state index contributed by atoms with van der Waals surface area (Å²) in [7, 11) is 1.98. The molecule has 134 valence electrons. The average molecular weight is 342 g/mol. The molecule has 3 N–H and O–H groups in total. The highest BCUT2D eigenvalue weighted by Gasteiger charge is 2.51. The molecule has 2 aromatic rings.